The maximum atomic E-state index is 9.03. The Labute approximate surface area is 121 Å². The fraction of sp³-hybridized carbons (Fsp3) is 0.588. The summed E-state index contributed by atoms with van der Waals surface area (Å²) in [5, 5.41) is 9.03. The molecule has 1 aromatic carbocycles. The Hall–Kier alpha value is -1.53. The predicted octanol–water partition coefficient (Wildman–Crippen LogP) is 2.73. The van der Waals surface area contributed by atoms with Crippen molar-refractivity contribution >= 4 is 5.69 Å². The van der Waals surface area contributed by atoms with Gasteiger partial charge in [0.15, 0.2) is 0 Å². The van der Waals surface area contributed by atoms with Crippen LogP contribution >= 0.6 is 0 Å². The lowest BCUT2D eigenvalue weighted by atomic mass is 10.1. The van der Waals surface area contributed by atoms with E-state index in [1.54, 1.807) is 0 Å². The van der Waals surface area contributed by atoms with Crippen LogP contribution in [0.1, 0.15) is 24.0 Å². The molecule has 2 aliphatic rings. The van der Waals surface area contributed by atoms with Gasteiger partial charge in [-0.3, -0.25) is 4.90 Å². The summed E-state index contributed by atoms with van der Waals surface area (Å²) in [5.74, 6) is 0.255. The molecule has 0 bridgehead atoms. The van der Waals surface area contributed by atoms with E-state index in [9.17, 15) is 0 Å². The Kier molecular flexibility index (Phi) is 3.67. The van der Waals surface area contributed by atoms with E-state index < -0.39 is 0 Å². The Morgan fingerprint density at radius 1 is 1.05 bits per heavy atom. The summed E-state index contributed by atoms with van der Waals surface area (Å²) in [6.07, 6.45) is 2.28. The van der Waals surface area contributed by atoms with Gasteiger partial charge in [-0.2, -0.15) is 5.26 Å². The topological polar surface area (TPSA) is 30.3 Å². The highest BCUT2D eigenvalue weighted by atomic mass is 15.3. The second-order valence-corrected chi connectivity index (χ2v) is 6.34. The van der Waals surface area contributed by atoms with Gasteiger partial charge in [-0.15, -0.1) is 0 Å². The molecule has 2 atom stereocenters. The van der Waals surface area contributed by atoms with Crippen LogP contribution in [0.5, 0.6) is 0 Å². The van der Waals surface area contributed by atoms with Crippen molar-refractivity contribution in [2.24, 2.45) is 5.92 Å². The minimum atomic E-state index is 0.255. The molecule has 0 amide bonds. The summed E-state index contributed by atoms with van der Waals surface area (Å²) in [6.45, 7) is 8.66. The number of nitrogens with zero attached hydrogens (tertiary/aromatic N) is 3. The Balaban J connectivity index is 1.66. The summed E-state index contributed by atoms with van der Waals surface area (Å²) in [5.41, 5.74) is 4.05. The fourth-order valence-electron chi connectivity index (χ4n) is 3.63. The summed E-state index contributed by atoms with van der Waals surface area (Å²) < 4.78 is 0. The zero-order valence-corrected chi connectivity index (χ0v) is 12.5. The van der Waals surface area contributed by atoms with Crippen LogP contribution in [0.4, 0.5) is 5.69 Å². The number of likely N-dealkylation sites (tertiary alicyclic amines) is 1. The molecular weight excluding hydrogens is 246 g/mol. The minimum absolute atomic E-state index is 0.255. The van der Waals surface area contributed by atoms with Crippen LogP contribution in [0.15, 0.2) is 18.2 Å². The lowest BCUT2D eigenvalue weighted by molar-refractivity contribution is 0.255. The summed E-state index contributed by atoms with van der Waals surface area (Å²) in [6, 6.07) is 9.86. The minimum Gasteiger partial charge on any atom is -0.370 e. The average molecular weight is 269 g/mol. The van der Waals surface area contributed by atoms with Crippen LogP contribution < -0.4 is 4.90 Å². The molecular formula is C17H23N3. The van der Waals surface area contributed by atoms with Crippen LogP contribution in [0.25, 0.3) is 0 Å². The molecule has 2 fully saturated rings. The van der Waals surface area contributed by atoms with Crippen molar-refractivity contribution in [2.45, 2.75) is 32.7 Å². The maximum Gasteiger partial charge on any atom is 0.0669 e. The van der Waals surface area contributed by atoms with E-state index in [0.717, 1.165) is 32.6 Å². The van der Waals surface area contributed by atoms with Crippen LogP contribution in [0.3, 0.4) is 0 Å². The van der Waals surface area contributed by atoms with E-state index in [-0.39, 0.29) is 5.92 Å². The number of hydrogen-bond acceptors (Lipinski definition) is 3. The van der Waals surface area contributed by atoms with E-state index in [1.807, 2.05) is 0 Å². The monoisotopic (exact) mass is 269 g/mol. The van der Waals surface area contributed by atoms with E-state index in [4.69, 9.17) is 5.26 Å². The van der Waals surface area contributed by atoms with Gasteiger partial charge in [-0.1, -0.05) is 6.07 Å². The largest absolute Gasteiger partial charge is 0.370 e. The third-order valence-electron chi connectivity index (χ3n) is 4.65. The molecule has 2 unspecified atom stereocenters. The number of benzene rings is 1. The van der Waals surface area contributed by atoms with Crippen molar-refractivity contribution in [3.63, 3.8) is 0 Å². The zero-order chi connectivity index (χ0) is 14.1. The molecule has 0 spiro atoms. The van der Waals surface area contributed by atoms with Crippen molar-refractivity contribution in [2.75, 3.05) is 31.1 Å². The van der Waals surface area contributed by atoms with Gasteiger partial charge in [0.2, 0.25) is 0 Å². The van der Waals surface area contributed by atoms with Crippen molar-refractivity contribution in [1.82, 2.24) is 4.90 Å². The number of rotatable bonds is 2. The Bertz CT molecular complexity index is 511. The van der Waals surface area contributed by atoms with E-state index in [0.29, 0.717) is 6.04 Å². The lowest BCUT2D eigenvalue weighted by Crippen LogP contribution is -2.35. The molecule has 0 N–H and O–H groups in total. The van der Waals surface area contributed by atoms with Gasteiger partial charge in [-0.05, 0) is 56.5 Å². The molecule has 2 heterocycles. The van der Waals surface area contributed by atoms with Crippen LogP contribution in [0.2, 0.25) is 0 Å². The third-order valence-corrected chi connectivity index (χ3v) is 4.65. The molecule has 0 aromatic heterocycles. The average Bonchev–Trinajstić information content (AvgIpc) is 3.06. The first-order valence-electron chi connectivity index (χ1n) is 7.62. The van der Waals surface area contributed by atoms with Gasteiger partial charge in [0, 0.05) is 31.4 Å². The number of anilines is 1. The molecule has 20 heavy (non-hydrogen) atoms. The molecule has 2 aliphatic heterocycles. The molecule has 0 saturated carbocycles. The van der Waals surface area contributed by atoms with Crippen molar-refractivity contribution < 1.29 is 0 Å². The summed E-state index contributed by atoms with van der Waals surface area (Å²) >= 11 is 0. The highest BCUT2D eigenvalue weighted by molar-refractivity contribution is 5.52. The predicted molar refractivity (Wildman–Crippen MR) is 81.8 cm³/mol. The molecule has 0 aliphatic carbocycles. The summed E-state index contributed by atoms with van der Waals surface area (Å²) in [4.78, 5) is 5.03. The van der Waals surface area contributed by atoms with E-state index in [2.05, 4.69) is 47.9 Å². The third kappa shape index (κ3) is 2.66. The molecule has 2 saturated heterocycles. The van der Waals surface area contributed by atoms with Crippen LogP contribution in [-0.4, -0.2) is 37.1 Å². The first-order chi connectivity index (χ1) is 9.65. The van der Waals surface area contributed by atoms with Crippen molar-refractivity contribution in [3.05, 3.63) is 29.3 Å². The van der Waals surface area contributed by atoms with Gasteiger partial charge in [0.1, 0.15) is 0 Å². The second-order valence-electron chi connectivity index (χ2n) is 6.34. The Morgan fingerprint density at radius 3 is 2.45 bits per heavy atom. The Morgan fingerprint density at radius 2 is 1.80 bits per heavy atom. The van der Waals surface area contributed by atoms with E-state index >= 15 is 0 Å². The first-order valence-corrected chi connectivity index (χ1v) is 7.62. The maximum absolute atomic E-state index is 9.03. The quantitative estimate of drug-likeness (QED) is 0.827. The highest BCUT2D eigenvalue weighted by Crippen LogP contribution is 2.28. The van der Waals surface area contributed by atoms with Crippen molar-refractivity contribution in [1.29, 1.82) is 5.26 Å². The zero-order valence-electron chi connectivity index (χ0n) is 12.5. The number of nitriles is 1. The van der Waals surface area contributed by atoms with Crippen LogP contribution in [-0.2, 0) is 0 Å². The van der Waals surface area contributed by atoms with E-state index in [1.165, 1.54) is 23.2 Å². The normalized spacial score (nSPS) is 26.9. The van der Waals surface area contributed by atoms with Gasteiger partial charge in [0.25, 0.3) is 0 Å². The molecule has 1 aromatic rings. The summed E-state index contributed by atoms with van der Waals surface area (Å²) in [7, 11) is 0. The SMILES string of the molecule is Cc1cc(C)cc(N2CCC(N3CCC(C#N)C3)C2)c1. The number of aryl methyl sites for hydroxylation is 2. The van der Waals surface area contributed by atoms with Gasteiger partial charge < -0.3 is 4.90 Å². The smallest absolute Gasteiger partial charge is 0.0669 e. The molecule has 106 valence electrons. The lowest BCUT2D eigenvalue weighted by Gasteiger charge is -2.25. The molecule has 0 radical (unpaired) electrons. The van der Waals surface area contributed by atoms with Gasteiger partial charge in [-0.25, -0.2) is 0 Å². The fourth-order valence-corrected chi connectivity index (χ4v) is 3.63. The van der Waals surface area contributed by atoms with Gasteiger partial charge in [0.05, 0.1) is 12.0 Å². The highest BCUT2D eigenvalue weighted by Gasteiger charge is 2.32. The van der Waals surface area contributed by atoms with Crippen LogP contribution in [0, 0.1) is 31.1 Å². The molecule has 3 heteroatoms. The molecule has 3 nitrogen and oxygen atoms in total. The number of hydrogen-bond donors (Lipinski definition) is 0. The first kappa shape index (κ1) is 13.5. The standard InChI is InChI=1S/C17H23N3/c1-13-7-14(2)9-17(8-13)20-6-4-16(12-20)19-5-3-15(10-18)11-19/h7-9,15-16H,3-6,11-12H2,1-2H3. The molecule has 3 rings (SSSR count). The second kappa shape index (κ2) is 5.46. The van der Waals surface area contributed by atoms with Gasteiger partial charge >= 0.3 is 0 Å². The van der Waals surface area contributed by atoms with Crippen molar-refractivity contribution in [3.8, 4) is 6.07 Å².